The molecule has 17 heavy (non-hydrogen) atoms. The molecule has 3 nitrogen and oxygen atoms in total. The van der Waals surface area contributed by atoms with E-state index in [-0.39, 0.29) is 12.4 Å². The van der Waals surface area contributed by atoms with Gasteiger partial charge in [-0.2, -0.15) is 0 Å². The third kappa shape index (κ3) is 4.73. The van der Waals surface area contributed by atoms with E-state index in [9.17, 15) is 9.18 Å². The first-order valence-electron chi connectivity index (χ1n) is 5.30. The van der Waals surface area contributed by atoms with E-state index in [4.69, 9.17) is 9.47 Å². The molecule has 0 amide bonds. The van der Waals surface area contributed by atoms with Gasteiger partial charge in [-0.3, -0.25) is 0 Å². The SMILES string of the molecule is CCOC(=O)COc1ccc(CCBr)c(F)c1. The number of alkyl halides is 1. The molecule has 0 N–H and O–H groups in total. The number of rotatable bonds is 6. The van der Waals surface area contributed by atoms with Gasteiger partial charge < -0.3 is 9.47 Å². The Bertz CT molecular complexity index is 382. The fourth-order valence-electron chi connectivity index (χ4n) is 1.27. The van der Waals surface area contributed by atoms with Crippen molar-refractivity contribution in [2.75, 3.05) is 18.5 Å². The van der Waals surface area contributed by atoms with Crippen molar-refractivity contribution in [3.63, 3.8) is 0 Å². The summed E-state index contributed by atoms with van der Waals surface area (Å²) in [6.07, 6.45) is 0.615. The third-order valence-electron chi connectivity index (χ3n) is 2.05. The predicted octanol–water partition coefficient (Wildman–Crippen LogP) is 2.71. The van der Waals surface area contributed by atoms with E-state index >= 15 is 0 Å². The molecule has 94 valence electrons. The molecule has 0 aliphatic rings. The molecule has 0 saturated carbocycles. The lowest BCUT2D eigenvalue weighted by atomic mass is 10.1. The van der Waals surface area contributed by atoms with Crippen molar-refractivity contribution < 1.29 is 18.7 Å². The van der Waals surface area contributed by atoms with Crippen LogP contribution in [-0.4, -0.2) is 24.5 Å². The van der Waals surface area contributed by atoms with Crippen LogP contribution < -0.4 is 4.74 Å². The summed E-state index contributed by atoms with van der Waals surface area (Å²) in [5, 5.41) is 0.701. The van der Waals surface area contributed by atoms with Crippen molar-refractivity contribution in [3.8, 4) is 5.75 Å². The van der Waals surface area contributed by atoms with Crippen molar-refractivity contribution in [1.82, 2.24) is 0 Å². The second-order valence-corrected chi connectivity index (χ2v) is 4.08. The molecule has 0 aliphatic carbocycles. The summed E-state index contributed by atoms with van der Waals surface area (Å²) in [4.78, 5) is 11.0. The minimum atomic E-state index is -0.461. The van der Waals surface area contributed by atoms with Crippen LogP contribution in [0.1, 0.15) is 12.5 Å². The first-order chi connectivity index (χ1) is 8.17. The van der Waals surface area contributed by atoms with E-state index in [2.05, 4.69) is 15.9 Å². The lowest BCUT2D eigenvalue weighted by Gasteiger charge is -2.07. The van der Waals surface area contributed by atoms with Crippen molar-refractivity contribution in [1.29, 1.82) is 0 Å². The average molecular weight is 305 g/mol. The molecule has 1 aromatic carbocycles. The van der Waals surface area contributed by atoms with Gasteiger partial charge in [-0.25, -0.2) is 9.18 Å². The summed E-state index contributed by atoms with van der Waals surface area (Å²) in [5.74, 6) is -0.461. The number of benzene rings is 1. The molecule has 0 heterocycles. The van der Waals surface area contributed by atoms with Gasteiger partial charge in [0.1, 0.15) is 11.6 Å². The Balaban J connectivity index is 2.55. The zero-order chi connectivity index (χ0) is 12.7. The minimum absolute atomic E-state index is 0.203. The lowest BCUT2D eigenvalue weighted by molar-refractivity contribution is -0.145. The highest BCUT2D eigenvalue weighted by molar-refractivity contribution is 9.09. The van der Waals surface area contributed by atoms with Gasteiger partial charge in [-0.1, -0.05) is 22.0 Å². The number of halogens is 2. The van der Waals surface area contributed by atoms with Crippen LogP contribution in [0.15, 0.2) is 18.2 Å². The molecule has 0 fully saturated rings. The van der Waals surface area contributed by atoms with Crippen LogP contribution in [0.2, 0.25) is 0 Å². The van der Waals surface area contributed by atoms with Crippen LogP contribution >= 0.6 is 15.9 Å². The van der Waals surface area contributed by atoms with E-state index in [0.717, 1.165) is 0 Å². The second kappa shape index (κ2) is 7.27. The monoisotopic (exact) mass is 304 g/mol. The number of ether oxygens (including phenoxy) is 2. The molecule has 0 atom stereocenters. The van der Waals surface area contributed by atoms with E-state index in [1.54, 1.807) is 19.1 Å². The first-order valence-corrected chi connectivity index (χ1v) is 6.42. The molecule has 5 heteroatoms. The summed E-state index contributed by atoms with van der Waals surface area (Å²) in [5.41, 5.74) is 0.616. The van der Waals surface area contributed by atoms with E-state index in [1.807, 2.05) is 0 Å². The molecule has 0 aliphatic heterocycles. The summed E-state index contributed by atoms with van der Waals surface area (Å²) < 4.78 is 23.3. The summed E-state index contributed by atoms with van der Waals surface area (Å²) in [7, 11) is 0. The van der Waals surface area contributed by atoms with Gasteiger partial charge in [0.05, 0.1) is 6.61 Å². The van der Waals surface area contributed by atoms with Crippen LogP contribution in [-0.2, 0) is 16.0 Å². The highest BCUT2D eigenvalue weighted by Gasteiger charge is 2.06. The van der Waals surface area contributed by atoms with Crippen LogP contribution in [0.25, 0.3) is 0 Å². The standard InChI is InChI=1S/C12H14BrFO3/c1-2-16-12(15)8-17-10-4-3-9(5-6-13)11(14)7-10/h3-4,7H,2,5-6,8H2,1H3. The van der Waals surface area contributed by atoms with Gasteiger partial charge in [0.25, 0.3) is 0 Å². The van der Waals surface area contributed by atoms with Gasteiger partial charge in [0, 0.05) is 11.4 Å². The molecule has 0 aromatic heterocycles. The van der Waals surface area contributed by atoms with Crippen molar-refractivity contribution in [2.24, 2.45) is 0 Å². The normalized spacial score (nSPS) is 10.1. The number of aryl methyl sites for hydroxylation is 1. The van der Waals surface area contributed by atoms with Gasteiger partial charge in [-0.05, 0) is 25.0 Å². The lowest BCUT2D eigenvalue weighted by Crippen LogP contribution is -2.14. The topological polar surface area (TPSA) is 35.5 Å². The van der Waals surface area contributed by atoms with E-state index in [0.29, 0.717) is 29.7 Å². The smallest absolute Gasteiger partial charge is 0.344 e. The molecule has 1 rings (SSSR count). The van der Waals surface area contributed by atoms with Crippen molar-refractivity contribution in [3.05, 3.63) is 29.6 Å². The first kappa shape index (κ1) is 14.0. The quantitative estimate of drug-likeness (QED) is 0.599. The second-order valence-electron chi connectivity index (χ2n) is 3.29. The Morgan fingerprint density at radius 2 is 2.24 bits per heavy atom. The molecule has 0 radical (unpaired) electrons. The maximum atomic E-state index is 13.5. The molecular formula is C12H14BrFO3. The molecular weight excluding hydrogens is 291 g/mol. The third-order valence-corrected chi connectivity index (χ3v) is 2.45. The van der Waals surface area contributed by atoms with Gasteiger partial charge in [0.2, 0.25) is 0 Å². The summed E-state index contributed by atoms with van der Waals surface area (Å²) in [6.45, 7) is 1.82. The number of carbonyl (C=O) groups excluding carboxylic acids is 1. The molecule has 0 unspecified atom stereocenters. The minimum Gasteiger partial charge on any atom is -0.482 e. The highest BCUT2D eigenvalue weighted by Crippen LogP contribution is 2.17. The van der Waals surface area contributed by atoms with Crippen LogP contribution in [0.4, 0.5) is 4.39 Å². The molecule has 0 spiro atoms. The Morgan fingerprint density at radius 3 is 2.82 bits per heavy atom. The zero-order valence-electron chi connectivity index (χ0n) is 9.54. The summed E-state index contributed by atoms with van der Waals surface area (Å²) >= 11 is 3.25. The number of carbonyl (C=O) groups is 1. The van der Waals surface area contributed by atoms with Crippen molar-refractivity contribution >= 4 is 21.9 Å². The molecule has 1 aromatic rings. The summed E-state index contributed by atoms with van der Waals surface area (Å²) in [6, 6.07) is 4.56. The van der Waals surface area contributed by atoms with Crippen LogP contribution in [0, 0.1) is 5.82 Å². The largest absolute Gasteiger partial charge is 0.482 e. The Kier molecular flexibility index (Phi) is 5.97. The molecule has 0 bridgehead atoms. The van der Waals surface area contributed by atoms with Gasteiger partial charge >= 0.3 is 5.97 Å². The zero-order valence-corrected chi connectivity index (χ0v) is 11.1. The Morgan fingerprint density at radius 1 is 1.47 bits per heavy atom. The van der Waals surface area contributed by atoms with Gasteiger partial charge in [0.15, 0.2) is 6.61 Å². The molecule has 0 saturated heterocycles. The van der Waals surface area contributed by atoms with E-state index < -0.39 is 5.97 Å². The predicted molar refractivity (Wildman–Crippen MR) is 66.0 cm³/mol. The number of hydrogen-bond donors (Lipinski definition) is 0. The maximum absolute atomic E-state index is 13.5. The Labute approximate surface area is 108 Å². The van der Waals surface area contributed by atoms with Crippen LogP contribution in [0.5, 0.6) is 5.75 Å². The van der Waals surface area contributed by atoms with Crippen LogP contribution in [0.3, 0.4) is 0 Å². The fraction of sp³-hybridized carbons (Fsp3) is 0.417. The fourth-order valence-corrected chi connectivity index (χ4v) is 1.69. The maximum Gasteiger partial charge on any atom is 0.344 e. The average Bonchev–Trinajstić information content (AvgIpc) is 2.30. The van der Waals surface area contributed by atoms with Gasteiger partial charge in [-0.15, -0.1) is 0 Å². The Hall–Kier alpha value is -1.10. The number of hydrogen-bond acceptors (Lipinski definition) is 3. The highest BCUT2D eigenvalue weighted by atomic mass is 79.9. The van der Waals surface area contributed by atoms with E-state index in [1.165, 1.54) is 6.07 Å². The number of esters is 1. The van der Waals surface area contributed by atoms with Crippen molar-refractivity contribution in [2.45, 2.75) is 13.3 Å².